The summed E-state index contributed by atoms with van der Waals surface area (Å²) < 4.78 is 6.69. The Balaban J connectivity index is 1.39. The van der Waals surface area contributed by atoms with Crippen molar-refractivity contribution in [3.05, 3.63) is 60.2 Å². The molecule has 0 aliphatic rings. The SMILES string of the molecule is CCCCOc1ccc(N=Nc2nc3sc(N=Nc4ccc(C)cc4)cc3s2)cc1. The number of azo groups is 2. The second-order valence-corrected chi connectivity index (χ2v) is 8.70. The summed E-state index contributed by atoms with van der Waals surface area (Å²) in [6.07, 6.45) is 2.17. The van der Waals surface area contributed by atoms with Crippen LogP contribution < -0.4 is 4.74 Å². The van der Waals surface area contributed by atoms with Crippen LogP contribution in [0.2, 0.25) is 0 Å². The number of aromatic nitrogens is 1. The fraction of sp³-hybridized carbons (Fsp3) is 0.227. The molecule has 152 valence electrons. The lowest BCUT2D eigenvalue weighted by Crippen LogP contribution is -1.95. The zero-order chi connectivity index (χ0) is 20.8. The molecular weight excluding hydrogens is 414 g/mol. The molecule has 2 aromatic carbocycles. The molecule has 0 fully saturated rings. The van der Waals surface area contributed by atoms with Gasteiger partial charge in [0.25, 0.3) is 0 Å². The first-order valence-corrected chi connectivity index (χ1v) is 11.4. The summed E-state index contributed by atoms with van der Waals surface area (Å²) in [4.78, 5) is 5.43. The number of aryl methyl sites for hydroxylation is 1. The van der Waals surface area contributed by atoms with E-state index in [9.17, 15) is 0 Å². The van der Waals surface area contributed by atoms with Gasteiger partial charge >= 0.3 is 0 Å². The van der Waals surface area contributed by atoms with E-state index in [1.54, 1.807) is 0 Å². The fourth-order valence-electron chi connectivity index (χ4n) is 2.57. The minimum Gasteiger partial charge on any atom is -0.494 e. The Morgan fingerprint density at radius 3 is 2.27 bits per heavy atom. The second kappa shape index (κ2) is 9.69. The molecule has 0 aliphatic heterocycles. The molecule has 2 aromatic heterocycles. The summed E-state index contributed by atoms with van der Waals surface area (Å²) in [5.74, 6) is 0.851. The zero-order valence-corrected chi connectivity index (χ0v) is 18.4. The van der Waals surface area contributed by atoms with Gasteiger partial charge in [0.2, 0.25) is 5.13 Å². The first kappa shape index (κ1) is 20.3. The Labute approximate surface area is 183 Å². The van der Waals surface area contributed by atoms with E-state index in [1.807, 2.05) is 61.5 Å². The van der Waals surface area contributed by atoms with Crippen LogP contribution in [0.1, 0.15) is 25.3 Å². The van der Waals surface area contributed by atoms with Gasteiger partial charge in [-0.15, -0.1) is 20.5 Å². The van der Waals surface area contributed by atoms with Crippen LogP contribution in [0.15, 0.2) is 75.1 Å². The number of ether oxygens (including phenoxy) is 1. The van der Waals surface area contributed by atoms with Crippen LogP contribution in [0.25, 0.3) is 9.53 Å². The van der Waals surface area contributed by atoms with Crippen molar-refractivity contribution in [2.45, 2.75) is 26.7 Å². The summed E-state index contributed by atoms with van der Waals surface area (Å²) in [5.41, 5.74) is 2.80. The minimum atomic E-state index is 0.626. The third kappa shape index (κ3) is 5.34. The van der Waals surface area contributed by atoms with Crippen LogP contribution in [0.3, 0.4) is 0 Å². The topological polar surface area (TPSA) is 71.6 Å². The van der Waals surface area contributed by atoms with E-state index < -0.39 is 0 Å². The third-order valence-corrected chi connectivity index (χ3v) is 6.15. The number of nitrogens with zero attached hydrogens (tertiary/aromatic N) is 5. The van der Waals surface area contributed by atoms with E-state index in [0.29, 0.717) is 5.13 Å². The maximum absolute atomic E-state index is 5.66. The lowest BCUT2D eigenvalue weighted by molar-refractivity contribution is 0.309. The highest BCUT2D eigenvalue weighted by Gasteiger charge is 2.08. The van der Waals surface area contributed by atoms with Crippen molar-refractivity contribution in [2.24, 2.45) is 20.5 Å². The van der Waals surface area contributed by atoms with Gasteiger partial charge < -0.3 is 4.74 Å². The van der Waals surface area contributed by atoms with Gasteiger partial charge in [-0.2, -0.15) is 0 Å². The summed E-state index contributed by atoms with van der Waals surface area (Å²) in [5, 5.41) is 18.6. The maximum atomic E-state index is 5.66. The fourth-order valence-corrected chi connectivity index (χ4v) is 4.42. The average Bonchev–Trinajstić information content (AvgIpc) is 3.31. The third-order valence-electron chi connectivity index (χ3n) is 4.22. The van der Waals surface area contributed by atoms with Crippen LogP contribution in [0.5, 0.6) is 5.75 Å². The van der Waals surface area contributed by atoms with Crippen molar-refractivity contribution in [3.8, 4) is 5.75 Å². The van der Waals surface area contributed by atoms with Gasteiger partial charge in [0.15, 0.2) is 0 Å². The normalized spacial score (nSPS) is 11.8. The van der Waals surface area contributed by atoms with Gasteiger partial charge in [-0.25, -0.2) is 4.98 Å². The molecule has 0 radical (unpaired) electrons. The number of hydrogen-bond donors (Lipinski definition) is 0. The maximum Gasteiger partial charge on any atom is 0.231 e. The van der Waals surface area contributed by atoms with Crippen molar-refractivity contribution in [1.29, 1.82) is 0 Å². The molecule has 0 saturated heterocycles. The van der Waals surface area contributed by atoms with E-state index in [2.05, 4.69) is 32.4 Å². The second-order valence-electron chi connectivity index (χ2n) is 6.68. The van der Waals surface area contributed by atoms with E-state index in [1.165, 1.54) is 28.2 Å². The summed E-state index contributed by atoms with van der Waals surface area (Å²) in [7, 11) is 0. The van der Waals surface area contributed by atoms with Crippen molar-refractivity contribution in [2.75, 3.05) is 6.61 Å². The highest BCUT2D eigenvalue weighted by atomic mass is 32.1. The molecular formula is C22H21N5OS2. The van der Waals surface area contributed by atoms with E-state index in [4.69, 9.17) is 4.74 Å². The van der Waals surface area contributed by atoms with Gasteiger partial charge in [-0.1, -0.05) is 53.7 Å². The first-order valence-electron chi connectivity index (χ1n) is 9.73. The number of thiophene rings is 1. The first-order chi connectivity index (χ1) is 14.7. The standard InChI is InChI=1S/C22H21N5OS2/c1-3-4-13-28-18-11-9-17(10-12-18)25-27-22-23-21-19(29-22)14-20(30-21)26-24-16-7-5-15(2)6-8-16/h5-12,14H,3-4,13H2,1-2H3. The molecule has 0 unspecified atom stereocenters. The smallest absolute Gasteiger partial charge is 0.231 e. The molecule has 4 rings (SSSR count). The molecule has 2 heterocycles. The molecule has 0 amide bonds. The minimum absolute atomic E-state index is 0.626. The Bertz CT molecular complexity index is 1130. The van der Waals surface area contributed by atoms with Crippen LogP contribution in [-0.4, -0.2) is 11.6 Å². The van der Waals surface area contributed by atoms with Crippen molar-refractivity contribution in [1.82, 2.24) is 4.98 Å². The monoisotopic (exact) mass is 435 g/mol. The van der Waals surface area contributed by atoms with Crippen molar-refractivity contribution < 1.29 is 4.74 Å². The van der Waals surface area contributed by atoms with Gasteiger partial charge in [0, 0.05) is 0 Å². The molecule has 0 aliphatic carbocycles. The molecule has 0 bridgehead atoms. The van der Waals surface area contributed by atoms with E-state index in [0.717, 1.165) is 51.1 Å². The number of unbranched alkanes of at least 4 members (excludes halogenated alkanes) is 1. The molecule has 0 saturated carbocycles. The van der Waals surface area contributed by atoms with Crippen molar-refractivity contribution in [3.63, 3.8) is 0 Å². The Hall–Kier alpha value is -2.97. The Morgan fingerprint density at radius 1 is 0.867 bits per heavy atom. The predicted octanol–water partition coefficient (Wildman–Crippen LogP) is 8.68. The summed E-state index contributed by atoms with van der Waals surface area (Å²) >= 11 is 2.98. The lowest BCUT2D eigenvalue weighted by Gasteiger charge is -2.04. The zero-order valence-electron chi connectivity index (χ0n) is 16.8. The van der Waals surface area contributed by atoms with Gasteiger partial charge in [0.1, 0.15) is 15.6 Å². The molecule has 6 nitrogen and oxygen atoms in total. The molecule has 0 N–H and O–H groups in total. The summed E-state index contributed by atoms with van der Waals surface area (Å²) in [6, 6.07) is 17.5. The number of thiazole rings is 1. The van der Waals surface area contributed by atoms with Crippen LogP contribution in [0, 0.1) is 6.92 Å². The Kier molecular flexibility index (Phi) is 6.56. The number of benzene rings is 2. The highest BCUT2D eigenvalue weighted by molar-refractivity contribution is 7.30. The molecule has 0 atom stereocenters. The molecule has 30 heavy (non-hydrogen) atoms. The van der Waals surface area contributed by atoms with Gasteiger partial charge in [0.05, 0.1) is 22.7 Å². The van der Waals surface area contributed by atoms with Crippen LogP contribution in [0.4, 0.5) is 21.5 Å². The number of rotatable bonds is 8. The average molecular weight is 436 g/mol. The van der Waals surface area contributed by atoms with E-state index in [-0.39, 0.29) is 0 Å². The number of hydrogen-bond acceptors (Lipinski definition) is 8. The number of fused-ring (bicyclic) bond motifs is 1. The van der Waals surface area contributed by atoms with Crippen molar-refractivity contribution >= 4 is 53.7 Å². The van der Waals surface area contributed by atoms with Gasteiger partial charge in [-0.3, -0.25) is 0 Å². The van der Waals surface area contributed by atoms with E-state index >= 15 is 0 Å². The van der Waals surface area contributed by atoms with Crippen LogP contribution in [-0.2, 0) is 0 Å². The van der Waals surface area contributed by atoms with Crippen LogP contribution >= 0.6 is 22.7 Å². The summed E-state index contributed by atoms with van der Waals surface area (Å²) in [6.45, 7) is 4.93. The highest BCUT2D eigenvalue weighted by Crippen LogP contribution is 2.39. The molecule has 0 spiro atoms. The lowest BCUT2D eigenvalue weighted by atomic mass is 10.2. The quantitative estimate of drug-likeness (QED) is 0.205. The molecule has 8 heteroatoms. The largest absolute Gasteiger partial charge is 0.494 e. The van der Waals surface area contributed by atoms with Gasteiger partial charge in [-0.05, 0) is 55.8 Å². The molecule has 4 aromatic rings. The predicted molar refractivity (Wildman–Crippen MR) is 124 cm³/mol. The Morgan fingerprint density at radius 2 is 1.57 bits per heavy atom.